The van der Waals surface area contributed by atoms with Gasteiger partial charge in [-0.25, -0.2) is 4.98 Å². The second-order valence-electron chi connectivity index (χ2n) is 2.59. The normalized spacial score (nSPS) is 10.3. The Bertz CT molecular complexity index is 442. The molecule has 0 spiro atoms. The number of benzene rings is 1. The molecule has 1 radical (unpaired) electrons. The fraction of sp³-hybridized carbons (Fsp3) is 0.100. The van der Waals surface area contributed by atoms with Gasteiger partial charge in [-0.2, -0.15) is 0 Å². The number of aromatic nitrogens is 1. The highest BCUT2D eigenvalue weighted by Crippen LogP contribution is 2.29. The molecule has 65 valence electrons. The molecule has 0 N–H and O–H groups in total. The highest BCUT2D eigenvalue weighted by Gasteiger charge is 2.05. The van der Waals surface area contributed by atoms with Crippen molar-refractivity contribution in [3.8, 4) is 5.88 Å². The van der Waals surface area contributed by atoms with Gasteiger partial charge in [-0.05, 0) is 0 Å². The second-order valence-corrected chi connectivity index (χ2v) is 2.97. The van der Waals surface area contributed by atoms with Crippen LogP contribution in [0.3, 0.4) is 0 Å². The van der Waals surface area contributed by atoms with Gasteiger partial charge < -0.3 is 4.74 Å². The van der Waals surface area contributed by atoms with E-state index < -0.39 is 0 Å². The van der Waals surface area contributed by atoms with E-state index in [9.17, 15) is 0 Å². The number of hydrogen-bond donors (Lipinski definition) is 0. The van der Waals surface area contributed by atoms with Gasteiger partial charge in [-0.3, -0.25) is 0 Å². The Morgan fingerprint density at radius 3 is 2.92 bits per heavy atom. The molecule has 1 heterocycles. The fourth-order valence-electron chi connectivity index (χ4n) is 1.18. The lowest BCUT2D eigenvalue weighted by molar-refractivity contribution is 0.398. The molecule has 2 nitrogen and oxygen atoms in total. The third-order valence-electron chi connectivity index (χ3n) is 1.82. The first-order chi connectivity index (χ1) is 6.33. The van der Waals surface area contributed by atoms with E-state index in [-0.39, 0.29) is 0 Å². The lowest BCUT2D eigenvalue weighted by atomic mass is 10.2. The third-order valence-corrected chi connectivity index (χ3v) is 2.19. The molecule has 13 heavy (non-hydrogen) atoms. The predicted molar refractivity (Wildman–Crippen MR) is 52.1 cm³/mol. The highest BCUT2D eigenvalue weighted by molar-refractivity contribution is 6.36. The molecule has 2 rings (SSSR count). The van der Waals surface area contributed by atoms with E-state index in [2.05, 4.69) is 11.2 Å². The second kappa shape index (κ2) is 3.23. The smallest absolute Gasteiger partial charge is 0.233 e. The first-order valence-corrected chi connectivity index (χ1v) is 4.20. The van der Waals surface area contributed by atoms with E-state index in [4.69, 9.17) is 16.3 Å². The van der Waals surface area contributed by atoms with Crippen LogP contribution in [0.2, 0.25) is 5.02 Å². The molecule has 0 saturated carbocycles. The Hall–Kier alpha value is -1.28. The molecule has 0 bridgehead atoms. The van der Waals surface area contributed by atoms with Crippen molar-refractivity contribution < 1.29 is 4.74 Å². The van der Waals surface area contributed by atoms with Crippen LogP contribution in [0, 0.1) is 6.20 Å². The van der Waals surface area contributed by atoms with Crippen molar-refractivity contribution in [2.24, 2.45) is 0 Å². The van der Waals surface area contributed by atoms with E-state index in [0.29, 0.717) is 10.9 Å². The van der Waals surface area contributed by atoms with Crippen molar-refractivity contribution >= 4 is 22.4 Å². The number of rotatable bonds is 1. The minimum Gasteiger partial charge on any atom is -0.480 e. The van der Waals surface area contributed by atoms with Gasteiger partial charge in [0.05, 0.1) is 7.11 Å². The average molecular weight is 193 g/mol. The molecule has 0 atom stereocenters. The van der Waals surface area contributed by atoms with Crippen LogP contribution in [-0.4, -0.2) is 12.1 Å². The summed E-state index contributed by atoms with van der Waals surface area (Å²) in [5.74, 6) is 0.417. The van der Waals surface area contributed by atoms with Gasteiger partial charge >= 0.3 is 0 Å². The van der Waals surface area contributed by atoms with Crippen LogP contribution in [-0.2, 0) is 0 Å². The standard InChI is InChI=1S/C10H7ClNO/c1-13-10-9(11)8-5-3-2-4-7(8)6-12-10/h2-5H,1H3. The van der Waals surface area contributed by atoms with E-state index in [0.717, 1.165) is 10.8 Å². The van der Waals surface area contributed by atoms with Crippen LogP contribution in [0.25, 0.3) is 10.8 Å². The Morgan fingerprint density at radius 1 is 1.38 bits per heavy atom. The summed E-state index contributed by atoms with van der Waals surface area (Å²) in [6.45, 7) is 0. The summed E-state index contributed by atoms with van der Waals surface area (Å²) in [6, 6.07) is 7.66. The minimum absolute atomic E-state index is 0.417. The van der Waals surface area contributed by atoms with Gasteiger partial charge in [0.2, 0.25) is 5.88 Å². The van der Waals surface area contributed by atoms with Crippen molar-refractivity contribution in [1.82, 2.24) is 4.98 Å². The number of nitrogens with zero attached hydrogens (tertiary/aromatic N) is 1. The average Bonchev–Trinajstić information content (AvgIpc) is 2.19. The number of hydrogen-bond acceptors (Lipinski definition) is 2. The van der Waals surface area contributed by atoms with E-state index in [1.165, 1.54) is 7.11 Å². The van der Waals surface area contributed by atoms with Gasteiger partial charge in [0.25, 0.3) is 0 Å². The summed E-state index contributed by atoms with van der Waals surface area (Å²) in [4.78, 5) is 3.95. The Morgan fingerprint density at radius 2 is 2.15 bits per heavy atom. The molecule has 0 unspecified atom stereocenters. The number of methoxy groups -OCH3 is 1. The molecule has 2 aromatic rings. The molecule has 0 aliphatic carbocycles. The van der Waals surface area contributed by atoms with Crippen LogP contribution < -0.4 is 4.74 Å². The molecule has 0 amide bonds. The molecular formula is C10H7ClNO. The summed E-state index contributed by atoms with van der Waals surface area (Å²) in [5.41, 5.74) is 0. The Kier molecular flexibility index (Phi) is 2.07. The van der Waals surface area contributed by atoms with Gasteiger partial charge in [0.15, 0.2) is 0 Å². The van der Waals surface area contributed by atoms with Crippen LogP contribution in [0.15, 0.2) is 24.3 Å². The van der Waals surface area contributed by atoms with E-state index in [1.54, 1.807) is 0 Å². The lowest BCUT2D eigenvalue weighted by Crippen LogP contribution is -1.89. The maximum Gasteiger partial charge on any atom is 0.233 e. The van der Waals surface area contributed by atoms with Gasteiger partial charge in [0.1, 0.15) is 11.2 Å². The molecule has 0 aliphatic rings. The molecule has 1 aromatic carbocycles. The van der Waals surface area contributed by atoms with E-state index >= 15 is 0 Å². The number of pyridine rings is 1. The Labute approximate surface area is 81.1 Å². The maximum absolute atomic E-state index is 6.03. The molecule has 0 saturated heterocycles. The zero-order chi connectivity index (χ0) is 9.26. The molecule has 3 heteroatoms. The summed E-state index contributed by atoms with van der Waals surface area (Å²) >= 11 is 6.03. The first kappa shape index (κ1) is 8.32. The van der Waals surface area contributed by atoms with Gasteiger partial charge in [-0.1, -0.05) is 35.9 Å². The summed E-state index contributed by atoms with van der Waals surface area (Å²) < 4.78 is 4.98. The van der Waals surface area contributed by atoms with Crippen molar-refractivity contribution in [2.45, 2.75) is 0 Å². The van der Waals surface area contributed by atoms with Gasteiger partial charge in [0, 0.05) is 10.8 Å². The molecule has 0 aliphatic heterocycles. The largest absolute Gasteiger partial charge is 0.480 e. The third kappa shape index (κ3) is 1.33. The fourth-order valence-corrected chi connectivity index (χ4v) is 1.47. The predicted octanol–water partition coefficient (Wildman–Crippen LogP) is 2.70. The zero-order valence-electron chi connectivity index (χ0n) is 7.04. The maximum atomic E-state index is 6.03. The summed E-state index contributed by atoms with van der Waals surface area (Å²) in [5, 5.41) is 2.35. The molecule has 1 aromatic heterocycles. The first-order valence-electron chi connectivity index (χ1n) is 3.83. The zero-order valence-corrected chi connectivity index (χ0v) is 7.80. The Balaban J connectivity index is 2.79. The van der Waals surface area contributed by atoms with Crippen molar-refractivity contribution in [3.05, 3.63) is 35.5 Å². The SMILES string of the molecule is COc1n[c]c2ccccc2c1Cl. The van der Waals surface area contributed by atoms with Crippen LogP contribution >= 0.6 is 11.6 Å². The quantitative estimate of drug-likeness (QED) is 0.693. The summed E-state index contributed by atoms with van der Waals surface area (Å²) in [6.07, 6.45) is 2.85. The number of fused-ring (bicyclic) bond motifs is 1. The van der Waals surface area contributed by atoms with E-state index in [1.807, 2.05) is 24.3 Å². The number of halogens is 1. The van der Waals surface area contributed by atoms with Crippen molar-refractivity contribution in [3.63, 3.8) is 0 Å². The van der Waals surface area contributed by atoms with Crippen molar-refractivity contribution in [2.75, 3.05) is 7.11 Å². The van der Waals surface area contributed by atoms with Gasteiger partial charge in [-0.15, -0.1) is 0 Å². The highest BCUT2D eigenvalue weighted by atomic mass is 35.5. The molecule has 0 fully saturated rings. The molecular weight excluding hydrogens is 186 g/mol. The van der Waals surface area contributed by atoms with Crippen LogP contribution in [0.5, 0.6) is 5.88 Å². The monoisotopic (exact) mass is 192 g/mol. The number of ether oxygens (including phenoxy) is 1. The van der Waals surface area contributed by atoms with Crippen LogP contribution in [0.1, 0.15) is 0 Å². The topological polar surface area (TPSA) is 22.1 Å². The van der Waals surface area contributed by atoms with Crippen LogP contribution in [0.4, 0.5) is 0 Å². The summed E-state index contributed by atoms with van der Waals surface area (Å²) in [7, 11) is 1.54. The minimum atomic E-state index is 0.417. The van der Waals surface area contributed by atoms with Crippen molar-refractivity contribution in [1.29, 1.82) is 0 Å². The lowest BCUT2D eigenvalue weighted by Gasteiger charge is -2.03.